The highest BCUT2D eigenvalue weighted by atomic mass is 15.1. The highest BCUT2D eigenvalue weighted by Gasteiger charge is 2.23. The average molecular weight is 219 g/mol. The molecule has 0 bridgehead atoms. The zero-order valence-corrected chi connectivity index (χ0v) is 10.2. The number of nitrogens with zero attached hydrogens (tertiary/aromatic N) is 2. The number of piperidine rings is 1. The molecule has 0 saturated carbocycles. The lowest BCUT2D eigenvalue weighted by Crippen LogP contribution is -2.42. The van der Waals surface area contributed by atoms with E-state index in [1.807, 2.05) is 12.4 Å². The first kappa shape index (κ1) is 11.4. The summed E-state index contributed by atoms with van der Waals surface area (Å²) in [5.41, 5.74) is 8.58. The Hall–Kier alpha value is -1.09. The quantitative estimate of drug-likeness (QED) is 0.826. The van der Waals surface area contributed by atoms with Gasteiger partial charge in [0.1, 0.15) is 0 Å². The second-order valence-electron chi connectivity index (χ2n) is 4.87. The largest absolute Gasteiger partial charge is 0.371 e. The van der Waals surface area contributed by atoms with E-state index in [4.69, 9.17) is 5.73 Å². The van der Waals surface area contributed by atoms with E-state index in [-0.39, 0.29) is 0 Å². The van der Waals surface area contributed by atoms with Gasteiger partial charge in [-0.15, -0.1) is 0 Å². The van der Waals surface area contributed by atoms with E-state index in [0.29, 0.717) is 12.0 Å². The zero-order chi connectivity index (χ0) is 11.5. The number of hydrogen-bond acceptors (Lipinski definition) is 3. The second-order valence-corrected chi connectivity index (χ2v) is 4.87. The summed E-state index contributed by atoms with van der Waals surface area (Å²) >= 11 is 0. The van der Waals surface area contributed by atoms with Crippen LogP contribution in [0.5, 0.6) is 0 Å². The molecule has 0 radical (unpaired) electrons. The Morgan fingerprint density at radius 2 is 2.38 bits per heavy atom. The molecule has 1 fully saturated rings. The van der Waals surface area contributed by atoms with Crippen molar-refractivity contribution in [2.75, 3.05) is 18.0 Å². The molecule has 2 N–H and O–H groups in total. The predicted octanol–water partition coefficient (Wildman–Crippen LogP) is 1.95. The number of aryl methyl sites for hydroxylation is 1. The number of rotatable bonds is 2. The highest BCUT2D eigenvalue weighted by Crippen LogP contribution is 2.26. The molecular weight excluding hydrogens is 198 g/mol. The van der Waals surface area contributed by atoms with Gasteiger partial charge in [0.25, 0.3) is 0 Å². The highest BCUT2D eigenvalue weighted by molar-refractivity contribution is 5.51. The van der Waals surface area contributed by atoms with Gasteiger partial charge in [-0.25, -0.2) is 0 Å². The molecule has 88 valence electrons. The minimum Gasteiger partial charge on any atom is -0.371 e. The topological polar surface area (TPSA) is 42.2 Å². The molecule has 0 amide bonds. The third-order valence-corrected chi connectivity index (χ3v) is 3.53. The van der Waals surface area contributed by atoms with Crippen molar-refractivity contribution in [3.05, 3.63) is 24.0 Å². The fourth-order valence-electron chi connectivity index (χ4n) is 2.48. The average Bonchev–Trinajstić information content (AvgIpc) is 2.30. The Morgan fingerprint density at radius 3 is 3.06 bits per heavy atom. The predicted molar refractivity (Wildman–Crippen MR) is 67.6 cm³/mol. The van der Waals surface area contributed by atoms with E-state index in [0.717, 1.165) is 13.1 Å². The summed E-state index contributed by atoms with van der Waals surface area (Å²) in [7, 11) is 0. The molecule has 2 rings (SSSR count). The maximum absolute atomic E-state index is 6.01. The van der Waals surface area contributed by atoms with Crippen LogP contribution < -0.4 is 10.6 Å². The number of pyridine rings is 1. The van der Waals surface area contributed by atoms with Crippen LogP contribution in [0.4, 0.5) is 5.69 Å². The molecule has 2 unspecified atom stereocenters. The third kappa shape index (κ3) is 2.35. The summed E-state index contributed by atoms with van der Waals surface area (Å²) in [5.74, 6) is 0.626. The van der Waals surface area contributed by atoms with Crippen LogP contribution in [0.15, 0.2) is 18.5 Å². The molecule has 1 aliphatic heterocycles. The minimum atomic E-state index is 0.296. The molecule has 1 aromatic heterocycles. The van der Waals surface area contributed by atoms with E-state index >= 15 is 0 Å². The first-order valence-corrected chi connectivity index (χ1v) is 6.09. The Bertz CT molecular complexity index is 349. The summed E-state index contributed by atoms with van der Waals surface area (Å²) in [6.45, 7) is 6.47. The molecule has 0 aromatic carbocycles. The smallest absolute Gasteiger partial charge is 0.0426 e. The molecule has 0 aliphatic carbocycles. The first-order chi connectivity index (χ1) is 7.68. The Labute approximate surface area is 97.7 Å². The van der Waals surface area contributed by atoms with Crippen LogP contribution in [0.1, 0.15) is 25.3 Å². The van der Waals surface area contributed by atoms with Crippen LogP contribution in [0.2, 0.25) is 0 Å². The lowest BCUT2D eigenvalue weighted by atomic mass is 9.91. The van der Waals surface area contributed by atoms with Gasteiger partial charge in [0, 0.05) is 37.2 Å². The van der Waals surface area contributed by atoms with Gasteiger partial charge < -0.3 is 10.6 Å². The molecule has 0 spiro atoms. The number of aromatic nitrogens is 1. The van der Waals surface area contributed by atoms with Crippen molar-refractivity contribution in [2.24, 2.45) is 11.7 Å². The summed E-state index contributed by atoms with van der Waals surface area (Å²) in [4.78, 5) is 6.60. The number of hydrogen-bond donors (Lipinski definition) is 1. The third-order valence-electron chi connectivity index (χ3n) is 3.53. The van der Waals surface area contributed by atoms with Gasteiger partial charge in [0.05, 0.1) is 0 Å². The number of anilines is 1. The van der Waals surface area contributed by atoms with Crippen molar-refractivity contribution in [3.63, 3.8) is 0 Å². The zero-order valence-electron chi connectivity index (χ0n) is 10.2. The van der Waals surface area contributed by atoms with Crippen LogP contribution in [0, 0.1) is 12.8 Å². The van der Waals surface area contributed by atoms with Crippen LogP contribution >= 0.6 is 0 Å². The molecule has 2 heterocycles. The van der Waals surface area contributed by atoms with E-state index in [2.05, 4.69) is 29.8 Å². The minimum absolute atomic E-state index is 0.296. The summed E-state index contributed by atoms with van der Waals surface area (Å²) in [5, 5.41) is 0. The van der Waals surface area contributed by atoms with Gasteiger partial charge in [-0.3, -0.25) is 4.98 Å². The van der Waals surface area contributed by atoms with Crippen molar-refractivity contribution in [1.82, 2.24) is 4.98 Å². The van der Waals surface area contributed by atoms with Gasteiger partial charge in [0.2, 0.25) is 0 Å². The van der Waals surface area contributed by atoms with Gasteiger partial charge in [-0.05, 0) is 44.2 Å². The maximum atomic E-state index is 6.01. The van der Waals surface area contributed by atoms with Crippen LogP contribution in [-0.2, 0) is 0 Å². The van der Waals surface area contributed by atoms with Crippen LogP contribution in [0.25, 0.3) is 0 Å². The second kappa shape index (κ2) is 4.83. The van der Waals surface area contributed by atoms with Crippen LogP contribution in [-0.4, -0.2) is 24.1 Å². The summed E-state index contributed by atoms with van der Waals surface area (Å²) < 4.78 is 0. The van der Waals surface area contributed by atoms with E-state index in [1.165, 1.54) is 24.1 Å². The van der Waals surface area contributed by atoms with Crippen molar-refractivity contribution in [3.8, 4) is 0 Å². The molecule has 3 heteroatoms. The molecule has 1 aliphatic rings. The summed E-state index contributed by atoms with van der Waals surface area (Å²) in [6, 6.07) is 2.41. The lowest BCUT2D eigenvalue weighted by Gasteiger charge is -2.36. The molecule has 16 heavy (non-hydrogen) atoms. The standard InChI is InChI=1S/C13H21N3/c1-10-8-15-6-5-13(10)16-7-3-4-12(9-16)11(2)14/h5-6,8,11-12H,3-4,7,9,14H2,1-2H3. The van der Waals surface area contributed by atoms with Crippen molar-refractivity contribution < 1.29 is 0 Å². The van der Waals surface area contributed by atoms with Gasteiger partial charge in [0.15, 0.2) is 0 Å². The van der Waals surface area contributed by atoms with Crippen LogP contribution in [0.3, 0.4) is 0 Å². The monoisotopic (exact) mass is 219 g/mol. The maximum Gasteiger partial charge on any atom is 0.0426 e. The van der Waals surface area contributed by atoms with Gasteiger partial charge >= 0.3 is 0 Å². The Kier molecular flexibility index (Phi) is 3.44. The van der Waals surface area contributed by atoms with Crippen molar-refractivity contribution in [1.29, 1.82) is 0 Å². The van der Waals surface area contributed by atoms with Crippen molar-refractivity contribution >= 4 is 5.69 Å². The summed E-state index contributed by atoms with van der Waals surface area (Å²) in [6.07, 6.45) is 6.31. The fourth-order valence-corrected chi connectivity index (χ4v) is 2.48. The molecule has 3 nitrogen and oxygen atoms in total. The van der Waals surface area contributed by atoms with Crippen molar-refractivity contribution in [2.45, 2.75) is 32.7 Å². The van der Waals surface area contributed by atoms with E-state index in [9.17, 15) is 0 Å². The Morgan fingerprint density at radius 1 is 1.56 bits per heavy atom. The fraction of sp³-hybridized carbons (Fsp3) is 0.615. The normalized spacial score (nSPS) is 23.2. The number of nitrogens with two attached hydrogens (primary N) is 1. The molecular formula is C13H21N3. The molecule has 2 atom stereocenters. The van der Waals surface area contributed by atoms with Gasteiger partial charge in [-0.1, -0.05) is 0 Å². The first-order valence-electron chi connectivity index (χ1n) is 6.09. The van der Waals surface area contributed by atoms with E-state index in [1.54, 1.807) is 0 Å². The van der Waals surface area contributed by atoms with Gasteiger partial charge in [-0.2, -0.15) is 0 Å². The Balaban J connectivity index is 2.13. The SMILES string of the molecule is Cc1cnccc1N1CCCC(C(C)N)C1. The molecule has 1 aromatic rings. The van der Waals surface area contributed by atoms with E-state index < -0.39 is 0 Å². The molecule has 1 saturated heterocycles. The lowest BCUT2D eigenvalue weighted by molar-refractivity contribution is 0.364.